The van der Waals surface area contributed by atoms with Crippen LogP contribution < -0.4 is 10.6 Å². The van der Waals surface area contributed by atoms with Gasteiger partial charge >= 0.3 is 0 Å². The highest BCUT2D eigenvalue weighted by Gasteiger charge is 2.34. The predicted octanol–water partition coefficient (Wildman–Crippen LogP) is 2.47. The predicted molar refractivity (Wildman–Crippen MR) is 96.9 cm³/mol. The summed E-state index contributed by atoms with van der Waals surface area (Å²) in [5.41, 5.74) is 2.40. The lowest BCUT2D eigenvalue weighted by atomic mass is 9.89. The number of carbonyl (C=O) groups excluding carboxylic acids is 1. The average molecular weight is 338 g/mol. The van der Waals surface area contributed by atoms with Crippen LogP contribution in [0.25, 0.3) is 0 Å². The molecule has 2 atom stereocenters. The molecule has 2 aromatic rings. The van der Waals surface area contributed by atoms with E-state index in [4.69, 9.17) is 0 Å². The number of aromatic nitrogens is 2. The van der Waals surface area contributed by atoms with Gasteiger partial charge < -0.3 is 15.2 Å². The zero-order valence-electron chi connectivity index (χ0n) is 14.5. The minimum atomic E-state index is 0.184. The van der Waals surface area contributed by atoms with Crippen molar-refractivity contribution in [2.75, 3.05) is 0 Å². The molecule has 1 aromatic carbocycles. The standard InChI is InChI=1S/C20H26N4O/c25-20(11-15-9-18-5-6-19(10-15)23-18)22-12-16-3-1-2-4-17(16)13-24-8-7-21-14-24/h1-4,7-8,14-15,18-19,23H,5-6,9-13H2,(H,22,25). The maximum absolute atomic E-state index is 12.4. The Hall–Kier alpha value is -2.14. The largest absolute Gasteiger partial charge is 0.352 e. The fraction of sp³-hybridized carbons (Fsp3) is 0.500. The van der Waals surface area contributed by atoms with Crippen molar-refractivity contribution >= 4 is 5.91 Å². The first kappa shape index (κ1) is 16.3. The number of fused-ring (bicyclic) bond motifs is 2. The highest BCUT2D eigenvalue weighted by molar-refractivity contribution is 5.76. The van der Waals surface area contributed by atoms with Crippen LogP contribution in [0.1, 0.15) is 43.2 Å². The second-order valence-corrected chi connectivity index (χ2v) is 7.46. The van der Waals surface area contributed by atoms with Gasteiger partial charge in [-0.1, -0.05) is 24.3 Å². The van der Waals surface area contributed by atoms with Gasteiger partial charge in [-0.25, -0.2) is 4.98 Å². The lowest BCUT2D eigenvalue weighted by Gasteiger charge is -2.28. The third-order valence-electron chi connectivity index (χ3n) is 5.55. The molecule has 25 heavy (non-hydrogen) atoms. The van der Waals surface area contributed by atoms with E-state index < -0.39 is 0 Å². The van der Waals surface area contributed by atoms with E-state index >= 15 is 0 Å². The Morgan fingerprint density at radius 3 is 2.68 bits per heavy atom. The third kappa shape index (κ3) is 4.10. The summed E-state index contributed by atoms with van der Waals surface area (Å²) in [6, 6.07) is 9.58. The number of piperidine rings is 1. The molecule has 2 N–H and O–H groups in total. The molecule has 0 radical (unpaired) electrons. The normalized spacial score (nSPS) is 25.0. The van der Waals surface area contributed by atoms with Gasteiger partial charge in [-0.3, -0.25) is 4.79 Å². The summed E-state index contributed by atoms with van der Waals surface area (Å²) in [6.07, 6.45) is 11.1. The van der Waals surface area contributed by atoms with Crippen molar-refractivity contribution in [3.8, 4) is 0 Å². The highest BCUT2D eigenvalue weighted by Crippen LogP contribution is 2.32. The van der Waals surface area contributed by atoms with Crippen LogP contribution in [-0.4, -0.2) is 27.5 Å². The summed E-state index contributed by atoms with van der Waals surface area (Å²) in [5, 5.41) is 6.77. The van der Waals surface area contributed by atoms with E-state index in [0.29, 0.717) is 31.0 Å². The Morgan fingerprint density at radius 2 is 1.96 bits per heavy atom. The average Bonchev–Trinajstić information content (AvgIpc) is 3.24. The van der Waals surface area contributed by atoms with E-state index in [1.165, 1.54) is 24.0 Å². The Labute approximate surface area is 148 Å². The van der Waals surface area contributed by atoms with Gasteiger partial charge in [-0.15, -0.1) is 0 Å². The molecule has 1 aromatic heterocycles. The van der Waals surface area contributed by atoms with Gasteiger partial charge in [0.2, 0.25) is 5.91 Å². The molecule has 0 spiro atoms. The maximum atomic E-state index is 12.4. The number of rotatable bonds is 6. The number of imidazole rings is 1. The maximum Gasteiger partial charge on any atom is 0.220 e. The second kappa shape index (κ2) is 7.40. The molecule has 2 unspecified atom stereocenters. The number of amides is 1. The molecule has 5 nitrogen and oxygen atoms in total. The Morgan fingerprint density at radius 1 is 1.20 bits per heavy atom. The quantitative estimate of drug-likeness (QED) is 0.851. The number of hydrogen-bond acceptors (Lipinski definition) is 3. The molecular weight excluding hydrogens is 312 g/mol. The van der Waals surface area contributed by atoms with Crippen LogP contribution in [-0.2, 0) is 17.9 Å². The van der Waals surface area contributed by atoms with Crippen molar-refractivity contribution in [2.24, 2.45) is 5.92 Å². The van der Waals surface area contributed by atoms with Gasteiger partial charge in [0.25, 0.3) is 0 Å². The molecule has 0 aliphatic carbocycles. The highest BCUT2D eigenvalue weighted by atomic mass is 16.1. The summed E-state index contributed by atoms with van der Waals surface area (Å²) in [7, 11) is 0. The number of nitrogens with zero attached hydrogens (tertiary/aromatic N) is 2. The summed E-state index contributed by atoms with van der Waals surface area (Å²) < 4.78 is 2.05. The summed E-state index contributed by atoms with van der Waals surface area (Å²) in [5.74, 6) is 0.726. The lowest BCUT2D eigenvalue weighted by Crippen LogP contribution is -2.39. The van der Waals surface area contributed by atoms with Gasteiger partial charge in [0, 0.05) is 44.0 Å². The van der Waals surface area contributed by atoms with E-state index in [9.17, 15) is 4.79 Å². The van der Waals surface area contributed by atoms with Crippen molar-refractivity contribution in [1.29, 1.82) is 0 Å². The molecule has 132 valence electrons. The Kier molecular flexibility index (Phi) is 4.83. The second-order valence-electron chi connectivity index (χ2n) is 7.46. The molecule has 1 amide bonds. The van der Waals surface area contributed by atoms with Crippen molar-refractivity contribution < 1.29 is 4.79 Å². The zero-order valence-corrected chi connectivity index (χ0v) is 14.5. The number of carbonyl (C=O) groups is 1. The van der Waals surface area contributed by atoms with E-state index in [1.54, 1.807) is 6.20 Å². The van der Waals surface area contributed by atoms with E-state index in [0.717, 1.165) is 19.4 Å². The summed E-state index contributed by atoms with van der Waals surface area (Å²) in [4.78, 5) is 16.5. The van der Waals surface area contributed by atoms with Crippen LogP contribution in [0.3, 0.4) is 0 Å². The monoisotopic (exact) mass is 338 g/mol. The van der Waals surface area contributed by atoms with Crippen LogP contribution in [0.5, 0.6) is 0 Å². The Bertz CT molecular complexity index is 700. The van der Waals surface area contributed by atoms with Gasteiger partial charge in [-0.2, -0.15) is 0 Å². The molecule has 2 aliphatic heterocycles. The van der Waals surface area contributed by atoms with Crippen LogP contribution in [0.2, 0.25) is 0 Å². The number of hydrogen-bond donors (Lipinski definition) is 2. The summed E-state index contributed by atoms with van der Waals surface area (Å²) in [6.45, 7) is 1.38. The zero-order chi connectivity index (χ0) is 17.1. The molecule has 2 bridgehead atoms. The third-order valence-corrected chi connectivity index (χ3v) is 5.55. The van der Waals surface area contributed by atoms with Crippen molar-refractivity contribution in [1.82, 2.24) is 20.2 Å². The van der Waals surface area contributed by atoms with Crippen LogP contribution in [0, 0.1) is 5.92 Å². The molecule has 5 heteroatoms. The van der Waals surface area contributed by atoms with Gasteiger partial charge in [0.05, 0.1) is 6.33 Å². The van der Waals surface area contributed by atoms with Crippen molar-refractivity contribution in [3.05, 3.63) is 54.1 Å². The van der Waals surface area contributed by atoms with E-state index in [2.05, 4.69) is 27.8 Å². The first-order chi connectivity index (χ1) is 12.3. The molecule has 2 fully saturated rings. The molecular formula is C20H26N4O. The smallest absolute Gasteiger partial charge is 0.220 e. The van der Waals surface area contributed by atoms with Crippen LogP contribution >= 0.6 is 0 Å². The first-order valence-corrected chi connectivity index (χ1v) is 9.31. The molecule has 4 rings (SSSR count). The van der Waals surface area contributed by atoms with E-state index in [1.807, 2.05) is 29.2 Å². The van der Waals surface area contributed by atoms with Crippen molar-refractivity contribution in [2.45, 2.75) is 57.3 Å². The van der Waals surface area contributed by atoms with Gasteiger partial charge in [-0.05, 0) is 42.7 Å². The Balaban J connectivity index is 1.31. The van der Waals surface area contributed by atoms with Crippen LogP contribution in [0.15, 0.2) is 43.0 Å². The fourth-order valence-electron chi connectivity index (χ4n) is 4.33. The van der Waals surface area contributed by atoms with E-state index in [-0.39, 0.29) is 5.91 Å². The summed E-state index contributed by atoms with van der Waals surface area (Å²) >= 11 is 0. The molecule has 2 aliphatic rings. The number of nitrogens with one attached hydrogen (secondary N) is 2. The first-order valence-electron chi connectivity index (χ1n) is 9.31. The number of benzene rings is 1. The molecule has 2 saturated heterocycles. The molecule has 3 heterocycles. The topological polar surface area (TPSA) is 59.0 Å². The van der Waals surface area contributed by atoms with Gasteiger partial charge in [0.15, 0.2) is 0 Å². The van der Waals surface area contributed by atoms with Gasteiger partial charge in [0.1, 0.15) is 0 Å². The lowest BCUT2D eigenvalue weighted by molar-refractivity contribution is -0.122. The van der Waals surface area contributed by atoms with Crippen LogP contribution in [0.4, 0.5) is 0 Å². The minimum absolute atomic E-state index is 0.184. The van der Waals surface area contributed by atoms with Crippen molar-refractivity contribution in [3.63, 3.8) is 0 Å². The fourth-order valence-corrected chi connectivity index (χ4v) is 4.33. The molecule has 0 saturated carbocycles. The SMILES string of the molecule is O=C(CC1CC2CCC(C1)N2)NCc1ccccc1Cn1ccnc1. The minimum Gasteiger partial charge on any atom is -0.352 e.